The van der Waals surface area contributed by atoms with Crippen LogP contribution in [0.2, 0.25) is 0 Å². The Bertz CT molecular complexity index is 881. The molecule has 1 aromatic carbocycles. The second-order valence-electron chi connectivity index (χ2n) is 6.83. The van der Waals surface area contributed by atoms with E-state index in [0.29, 0.717) is 28.7 Å². The van der Waals surface area contributed by atoms with Gasteiger partial charge < -0.3 is 29.6 Å². The number of benzene rings is 1. The van der Waals surface area contributed by atoms with Gasteiger partial charge in [0.2, 0.25) is 6.79 Å². The van der Waals surface area contributed by atoms with Crippen LogP contribution in [0.25, 0.3) is 10.9 Å². The third-order valence-corrected chi connectivity index (χ3v) is 4.83. The second-order valence-corrected chi connectivity index (χ2v) is 7.22. The molecule has 0 aliphatic carbocycles. The summed E-state index contributed by atoms with van der Waals surface area (Å²) in [4.78, 5) is 19.7. The number of hydrogen-bond acceptors (Lipinski definition) is 5. The molecule has 2 heterocycles. The Kier molecular flexibility index (Phi) is 6.18. The van der Waals surface area contributed by atoms with Crippen molar-refractivity contribution in [1.29, 1.82) is 0 Å². The van der Waals surface area contributed by atoms with Gasteiger partial charge in [-0.25, -0.2) is 0 Å². The maximum atomic E-state index is 12.6. The summed E-state index contributed by atoms with van der Waals surface area (Å²) in [5.41, 5.74) is 1.30. The van der Waals surface area contributed by atoms with Crippen molar-refractivity contribution in [3.05, 3.63) is 34.1 Å². The lowest BCUT2D eigenvalue weighted by molar-refractivity contribution is 0.174. The van der Waals surface area contributed by atoms with Gasteiger partial charge in [0.1, 0.15) is 0 Å². The standard InChI is InChI=1S/C19H26N4O3S/c1-4-20-19(27)23(7-5-6-22(2)3)11-14-8-13-9-16-17(26-12-25-16)10-15(13)21-18(14)24/h8-10H,4-7,11-12H2,1-3H3,(H,20,27)(H,21,24). The first-order valence-electron chi connectivity index (χ1n) is 9.11. The lowest BCUT2D eigenvalue weighted by Crippen LogP contribution is -2.41. The Morgan fingerprint density at radius 1 is 1.22 bits per heavy atom. The van der Waals surface area contributed by atoms with Crippen LogP contribution in [0.4, 0.5) is 0 Å². The fourth-order valence-electron chi connectivity index (χ4n) is 3.06. The van der Waals surface area contributed by atoms with Gasteiger partial charge in [-0.1, -0.05) is 0 Å². The summed E-state index contributed by atoms with van der Waals surface area (Å²) in [6.45, 7) is 5.17. The van der Waals surface area contributed by atoms with E-state index in [4.69, 9.17) is 21.7 Å². The van der Waals surface area contributed by atoms with E-state index in [2.05, 4.69) is 15.2 Å². The van der Waals surface area contributed by atoms with Crippen molar-refractivity contribution in [2.24, 2.45) is 0 Å². The highest BCUT2D eigenvalue weighted by Gasteiger charge is 2.17. The summed E-state index contributed by atoms with van der Waals surface area (Å²) in [7, 11) is 4.09. The SMILES string of the molecule is CCNC(=S)N(CCCN(C)C)Cc1cc2cc3c(cc2[nH]c1=O)OCO3. The van der Waals surface area contributed by atoms with Crippen molar-refractivity contribution in [2.45, 2.75) is 19.9 Å². The average molecular weight is 391 g/mol. The summed E-state index contributed by atoms with van der Waals surface area (Å²) < 4.78 is 10.8. The van der Waals surface area contributed by atoms with E-state index in [9.17, 15) is 4.79 Å². The molecule has 2 aromatic rings. The minimum absolute atomic E-state index is 0.113. The minimum Gasteiger partial charge on any atom is -0.454 e. The lowest BCUT2D eigenvalue weighted by atomic mass is 10.1. The van der Waals surface area contributed by atoms with E-state index in [-0.39, 0.29) is 12.4 Å². The van der Waals surface area contributed by atoms with Gasteiger partial charge in [-0.05, 0) is 58.3 Å². The van der Waals surface area contributed by atoms with E-state index in [0.717, 1.165) is 37.0 Å². The van der Waals surface area contributed by atoms with Crippen molar-refractivity contribution >= 4 is 28.2 Å². The van der Waals surface area contributed by atoms with Crippen LogP contribution in [0.5, 0.6) is 11.5 Å². The molecular formula is C19H26N4O3S. The van der Waals surface area contributed by atoms with Gasteiger partial charge in [-0.15, -0.1) is 0 Å². The maximum absolute atomic E-state index is 12.6. The molecule has 3 rings (SSSR count). The number of nitrogens with zero attached hydrogens (tertiary/aromatic N) is 2. The molecule has 8 heteroatoms. The number of fused-ring (bicyclic) bond motifs is 2. The molecule has 146 valence electrons. The predicted molar refractivity (Wildman–Crippen MR) is 111 cm³/mol. The monoisotopic (exact) mass is 390 g/mol. The third kappa shape index (κ3) is 4.70. The van der Waals surface area contributed by atoms with E-state index in [1.165, 1.54) is 0 Å². The van der Waals surface area contributed by atoms with Crippen molar-refractivity contribution in [3.63, 3.8) is 0 Å². The van der Waals surface area contributed by atoms with Crippen LogP contribution in [-0.2, 0) is 6.54 Å². The van der Waals surface area contributed by atoms with Crippen LogP contribution < -0.4 is 20.3 Å². The highest BCUT2D eigenvalue weighted by Crippen LogP contribution is 2.35. The summed E-state index contributed by atoms with van der Waals surface area (Å²) in [5.74, 6) is 1.36. The molecule has 0 unspecified atom stereocenters. The van der Waals surface area contributed by atoms with E-state index in [1.807, 2.05) is 38.1 Å². The highest BCUT2D eigenvalue weighted by molar-refractivity contribution is 7.80. The number of H-pyrrole nitrogens is 1. The molecule has 1 aliphatic heterocycles. The fourth-order valence-corrected chi connectivity index (χ4v) is 3.36. The molecule has 7 nitrogen and oxygen atoms in total. The number of pyridine rings is 1. The van der Waals surface area contributed by atoms with Crippen LogP contribution in [-0.4, -0.2) is 60.4 Å². The molecule has 27 heavy (non-hydrogen) atoms. The molecule has 1 aromatic heterocycles. The van der Waals surface area contributed by atoms with E-state index >= 15 is 0 Å². The van der Waals surface area contributed by atoms with Crippen LogP contribution in [0.1, 0.15) is 18.9 Å². The molecule has 1 aliphatic rings. The van der Waals surface area contributed by atoms with Gasteiger partial charge >= 0.3 is 0 Å². The Hall–Kier alpha value is -2.32. The number of ether oxygens (including phenoxy) is 2. The summed E-state index contributed by atoms with van der Waals surface area (Å²) in [6.07, 6.45) is 0.961. The molecule has 0 fully saturated rings. The van der Waals surface area contributed by atoms with Crippen LogP contribution >= 0.6 is 12.2 Å². The molecule has 0 atom stereocenters. The molecule has 0 bridgehead atoms. The summed E-state index contributed by atoms with van der Waals surface area (Å²) >= 11 is 5.51. The van der Waals surface area contributed by atoms with Gasteiger partial charge in [-0.2, -0.15) is 0 Å². The van der Waals surface area contributed by atoms with Gasteiger partial charge in [-0.3, -0.25) is 4.79 Å². The quantitative estimate of drug-likeness (QED) is 0.700. The smallest absolute Gasteiger partial charge is 0.253 e. The zero-order chi connectivity index (χ0) is 19.4. The Morgan fingerprint density at radius 2 is 1.96 bits per heavy atom. The zero-order valence-electron chi connectivity index (χ0n) is 16.0. The Morgan fingerprint density at radius 3 is 2.67 bits per heavy atom. The zero-order valence-corrected chi connectivity index (χ0v) is 16.8. The van der Waals surface area contributed by atoms with E-state index < -0.39 is 0 Å². The molecule has 0 radical (unpaired) electrons. The molecule has 0 saturated heterocycles. The first-order valence-corrected chi connectivity index (χ1v) is 9.52. The maximum Gasteiger partial charge on any atom is 0.253 e. The van der Waals surface area contributed by atoms with Gasteiger partial charge in [0.25, 0.3) is 5.56 Å². The van der Waals surface area contributed by atoms with E-state index in [1.54, 1.807) is 6.07 Å². The molecule has 0 saturated carbocycles. The van der Waals surface area contributed by atoms with Gasteiger partial charge in [0.05, 0.1) is 12.1 Å². The lowest BCUT2D eigenvalue weighted by Gasteiger charge is -2.26. The van der Waals surface area contributed by atoms with Crippen LogP contribution in [0.15, 0.2) is 23.0 Å². The molecule has 2 N–H and O–H groups in total. The number of rotatable bonds is 7. The Labute approximate surface area is 164 Å². The minimum atomic E-state index is -0.113. The van der Waals surface area contributed by atoms with Gasteiger partial charge in [0, 0.05) is 30.1 Å². The summed E-state index contributed by atoms with van der Waals surface area (Å²) in [5, 5.41) is 4.77. The molecule has 0 spiro atoms. The summed E-state index contributed by atoms with van der Waals surface area (Å²) in [6, 6.07) is 5.61. The topological polar surface area (TPSA) is 69.8 Å². The Balaban J connectivity index is 1.84. The highest BCUT2D eigenvalue weighted by atomic mass is 32.1. The number of thiocarbonyl (C=S) groups is 1. The average Bonchev–Trinajstić information content (AvgIpc) is 3.06. The largest absolute Gasteiger partial charge is 0.454 e. The van der Waals surface area contributed by atoms with Crippen molar-refractivity contribution in [2.75, 3.05) is 40.5 Å². The fraction of sp³-hybridized carbons (Fsp3) is 0.474. The van der Waals surface area contributed by atoms with Gasteiger partial charge in [0.15, 0.2) is 16.6 Å². The van der Waals surface area contributed by atoms with Crippen LogP contribution in [0, 0.1) is 0 Å². The third-order valence-electron chi connectivity index (χ3n) is 4.42. The van der Waals surface area contributed by atoms with Crippen molar-refractivity contribution < 1.29 is 9.47 Å². The number of aromatic nitrogens is 1. The number of hydrogen-bond donors (Lipinski definition) is 2. The molecular weight excluding hydrogens is 364 g/mol. The van der Waals surface area contributed by atoms with Crippen molar-refractivity contribution in [3.8, 4) is 11.5 Å². The second kappa shape index (κ2) is 8.58. The number of aromatic amines is 1. The number of nitrogens with one attached hydrogen (secondary N) is 2. The first kappa shape index (κ1) is 19.4. The van der Waals surface area contributed by atoms with Crippen LogP contribution in [0.3, 0.4) is 0 Å². The first-order chi connectivity index (χ1) is 13.0. The van der Waals surface area contributed by atoms with Crippen molar-refractivity contribution in [1.82, 2.24) is 20.1 Å². The molecule has 0 amide bonds. The normalized spacial score (nSPS) is 12.6. The predicted octanol–water partition coefficient (Wildman–Crippen LogP) is 1.90.